The lowest BCUT2D eigenvalue weighted by Crippen LogP contribution is -2.44. The molecule has 3 N–H and O–H groups in total. The van der Waals surface area contributed by atoms with Crippen molar-refractivity contribution >= 4 is 23.1 Å². The zero-order chi connectivity index (χ0) is 22.2. The van der Waals surface area contributed by atoms with Crippen LogP contribution in [-0.2, 0) is 6.42 Å². The molecule has 8 heteroatoms. The monoisotopic (exact) mass is 430 g/mol. The van der Waals surface area contributed by atoms with Crippen molar-refractivity contribution in [2.45, 2.75) is 45.2 Å². The van der Waals surface area contributed by atoms with Gasteiger partial charge in [0.15, 0.2) is 0 Å². The summed E-state index contributed by atoms with van der Waals surface area (Å²) in [6, 6.07) is 9.61. The second kappa shape index (κ2) is 8.35. The second-order valence-corrected chi connectivity index (χ2v) is 8.86. The maximum Gasteiger partial charge on any atom is 0.227 e. The van der Waals surface area contributed by atoms with Crippen molar-refractivity contribution in [2.24, 2.45) is 0 Å². The van der Waals surface area contributed by atoms with E-state index in [4.69, 9.17) is 5.73 Å². The molecule has 2 bridgehead atoms. The van der Waals surface area contributed by atoms with Gasteiger partial charge >= 0.3 is 0 Å². The average molecular weight is 431 g/mol. The number of anilines is 4. The highest BCUT2D eigenvalue weighted by Crippen LogP contribution is 2.36. The summed E-state index contributed by atoms with van der Waals surface area (Å²) in [7, 11) is 2.23. The number of aryl methyl sites for hydroxylation is 2. The van der Waals surface area contributed by atoms with Crippen LogP contribution in [0.4, 0.5) is 23.1 Å². The van der Waals surface area contributed by atoms with E-state index in [1.54, 1.807) is 12.4 Å². The molecule has 5 rings (SSSR count). The molecule has 0 radical (unpaired) electrons. The Morgan fingerprint density at radius 2 is 2.00 bits per heavy atom. The molecule has 32 heavy (non-hydrogen) atoms. The highest BCUT2D eigenvalue weighted by Gasteiger charge is 2.41. The molecule has 2 fully saturated rings. The van der Waals surface area contributed by atoms with Gasteiger partial charge in [-0.2, -0.15) is 0 Å². The number of nitrogens with zero attached hydrogens (tertiary/aromatic N) is 6. The first-order chi connectivity index (χ1) is 15.5. The Balaban J connectivity index is 1.33. The molecule has 0 unspecified atom stereocenters. The Morgan fingerprint density at radius 3 is 2.69 bits per heavy atom. The molecule has 0 spiro atoms. The van der Waals surface area contributed by atoms with E-state index in [0.717, 1.165) is 43.0 Å². The molecule has 1 aromatic carbocycles. The molecule has 2 saturated heterocycles. The number of hydrogen-bond donors (Lipinski definition) is 2. The fourth-order valence-corrected chi connectivity index (χ4v) is 4.89. The Labute approximate surface area is 188 Å². The van der Waals surface area contributed by atoms with Crippen LogP contribution < -0.4 is 16.0 Å². The molecule has 2 aliphatic heterocycles. The molecule has 0 aliphatic carbocycles. The van der Waals surface area contributed by atoms with Crippen LogP contribution in [0, 0.1) is 6.92 Å². The van der Waals surface area contributed by atoms with E-state index in [-0.39, 0.29) is 0 Å². The molecule has 0 amide bonds. The number of aromatic nitrogens is 4. The van der Waals surface area contributed by atoms with Gasteiger partial charge in [0.05, 0.1) is 11.3 Å². The Hall–Kier alpha value is -3.26. The van der Waals surface area contributed by atoms with Crippen molar-refractivity contribution in [1.82, 2.24) is 24.8 Å². The summed E-state index contributed by atoms with van der Waals surface area (Å²) in [5.74, 6) is 1.72. The van der Waals surface area contributed by atoms with Crippen LogP contribution in [-0.4, -0.2) is 57.1 Å². The summed E-state index contributed by atoms with van der Waals surface area (Å²) >= 11 is 0. The van der Waals surface area contributed by atoms with Crippen LogP contribution in [0.25, 0.3) is 11.3 Å². The van der Waals surface area contributed by atoms with Gasteiger partial charge in [0.1, 0.15) is 11.6 Å². The number of rotatable bonds is 6. The van der Waals surface area contributed by atoms with E-state index < -0.39 is 0 Å². The van der Waals surface area contributed by atoms with Crippen LogP contribution in [0.15, 0.2) is 36.7 Å². The predicted octanol–water partition coefficient (Wildman–Crippen LogP) is 3.41. The van der Waals surface area contributed by atoms with Crippen molar-refractivity contribution in [2.75, 3.05) is 36.1 Å². The fourth-order valence-electron chi connectivity index (χ4n) is 4.89. The maximum atomic E-state index is 6.18. The van der Waals surface area contributed by atoms with Gasteiger partial charge in [0.25, 0.3) is 0 Å². The molecule has 0 saturated carbocycles. The lowest BCUT2D eigenvalue weighted by Gasteiger charge is -2.34. The molecule has 4 heterocycles. The van der Waals surface area contributed by atoms with E-state index in [1.165, 1.54) is 17.7 Å². The number of nitrogen functional groups attached to an aromatic ring is 1. The quantitative estimate of drug-likeness (QED) is 0.614. The van der Waals surface area contributed by atoms with Crippen LogP contribution in [0.1, 0.15) is 31.2 Å². The number of fused-ring (bicyclic) bond motifs is 2. The van der Waals surface area contributed by atoms with Crippen LogP contribution in [0.3, 0.4) is 0 Å². The molecule has 3 aromatic rings. The van der Waals surface area contributed by atoms with Crippen molar-refractivity contribution in [3.63, 3.8) is 0 Å². The first-order valence-electron chi connectivity index (χ1n) is 11.3. The summed E-state index contributed by atoms with van der Waals surface area (Å²) in [4.78, 5) is 22.9. The average Bonchev–Trinajstić information content (AvgIpc) is 3.34. The maximum absolute atomic E-state index is 6.18. The van der Waals surface area contributed by atoms with Crippen molar-refractivity contribution in [3.8, 4) is 11.3 Å². The van der Waals surface area contributed by atoms with Gasteiger partial charge in [-0.05, 0) is 56.6 Å². The third kappa shape index (κ3) is 3.86. The number of benzene rings is 1. The van der Waals surface area contributed by atoms with Gasteiger partial charge in [0.2, 0.25) is 5.95 Å². The Bertz CT molecular complexity index is 1130. The van der Waals surface area contributed by atoms with E-state index in [9.17, 15) is 0 Å². The van der Waals surface area contributed by atoms with Gasteiger partial charge in [0, 0.05) is 55.4 Å². The lowest BCUT2D eigenvalue weighted by atomic mass is 10.1. The molecule has 2 aromatic heterocycles. The number of likely N-dealkylation sites (N-methyl/N-ethyl adjacent to an activating group) is 1. The SMILES string of the molecule is CCCc1ncc(-c2ccnc(Nc3ccc(N4C[C@@H]5C[C@H]4CN5C)c(C)c3)n2)c(N)n1. The normalized spacial score (nSPS) is 20.2. The highest BCUT2D eigenvalue weighted by molar-refractivity contribution is 5.71. The number of nitrogens with one attached hydrogen (secondary N) is 1. The van der Waals surface area contributed by atoms with Crippen LogP contribution >= 0.6 is 0 Å². The number of likely N-dealkylation sites (tertiary alicyclic amines) is 1. The summed E-state index contributed by atoms with van der Waals surface area (Å²) in [6.45, 7) is 6.53. The second-order valence-electron chi connectivity index (χ2n) is 8.86. The van der Waals surface area contributed by atoms with Gasteiger partial charge in [-0.25, -0.2) is 19.9 Å². The summed E-state index contributed by atoms with van der Waals surface area (Å²) in [5, 5.41) is 3.33. The smallest absolute Gasteiger partial charge is 0.227 e. The topological polar surface area (TPSA) is 96.1 Å². The van der Waals surface area contributed by atoms with E-state index in [2.05, 4.69) is 74.1 Å². The van der Waals surface area contributed by atoms with Crippen molar-refractivity contribution < 1.29 is 0 Å². The number of hydrogen-bond acceptors (Lipinski definition) is 8. The standard InChI is InChI=1S/C24H30N8/c1-4-5-22-27-12-19(23(25)30-22)20-8-9-26-24(29-20)28-16-6-7-21(15(2)10-16)32-14-17-11-18(32)13-31(17)3/h6-10,12,17-18H,4-5,11,13-14H2,1-3H3,(H2,25,27,30)(H,26,28,29)/t17-,18-/m0/s1. The number of piperazine rings is 1. The molecule has 8 nitrogen and oxygen atoms in total. The van der Waals surface area contributed by atoms with E-state index >= 15 is 0 Å². The molecule has 2 aliphatic rings. The Kier molecular flexibility index (Phi) is 5.38. The molecular weight excluding hydrogens is 400 g/mol. The molecule has 2 atom stereocenters. The summed E-state index contributed by atoms with van der Waals surface area (Å²) < 4.78 is 0. The largest absolute Gasteiger partial charge is 0.383 e. The Morgan fingerprint density at radius 1 is 1.12 bits per heavy atom. The molecule has 166 valence electrons. The minimum atomic E-state index is 0.443. The first kappa shape index (κ1) is 20.6. The third-order valence-corrected chi connectivity index (χ3v) is 6.55. The van der Waals surface area contributed by atoms with Gasteiger partial charge < -0.3 is 16.0 Å². The van der Waals surface area contributed by atoms with Crippen LogP contribution in [0.2, 0.25) is 0 Å². The number of nitrogens with two attached hydrogens (primary N) is 1. The van der Waals surface area contributed by atoms with Gasteiger partial charge in [-0.15, -0.1) is 0 Å². The zero-order valence-electron chi connectivity index (χ0n) is 18.9. The fraction of sp³-hybridized carbons (Fsp3) is 0.417. The summed E-state index contributed by atoms with van der Waals surface area (Å²) in [5.41, 5.74) is 11.1. The van der Waals surface area contributed by atoms with Gasteiger partial charge in [-0.3, -0.25) is 4.90 Å². The predicted molar refractivity (Wildman–Crippen MR) is 128 cm³/mol. The minimum Gasteiger partial charge on any atom is -0.383 e. The zero-order valence-corrected chi connectivity index (χ0v) is 18.9. The highest BCUT2D eigenvalue weighted by atomic mass is 15.3. The summed E-state index contributed by atoms with van der Waals surface area (Å²) in [6.07, 6.45) is 6.53. The van der Waals surface area contributed by atoms with Crippen molar-refractivity contribution in [3.05, 3.63) is 48.0 Å². The van der Waals surface area contributed by atoms with E-state index in [1.807, 2.05) is 6.07 Å². The van der Waals surface area contributed by atoms with E-state index in [0.29, 0.717) is 29.5 Å². The van der Waals surface area contributed by atoms with Crippen molar-refractivity contribution in [1.29, 1.82) is 0 Å². The third-order valence-electron chi connectivity index (χ3n) is 6.55. The van der Waals surface area contributed by atoms with Crippen LogP contribution in [0.5, 0.6) is 0 Å². The first-order valence-corrected chi connectivity index (χ1v) is 11.3. The molecular formula is C24H30N8. The lowest BCUT2D eigenvalue weighted by molar-refractivity contribution is 0.292. The van der Waals surface area contributed by atoms with Gasteiger partial charge in [-0.1, -0.05) is 6.92 Å². The minimum absolute atomic E-state index is 0.443.